The molecular formula is C18H18ClFN2. The molecule has 1 atom stereocenters. The van der Waals surface area contributed by atoms with Crippen molar-refractivity contribution < 1.29 is 4.39 Å². The van der Waals surface area contributed by atoms with Crippen LogP contribution in [0.15, 0.2) is 53.5 Å². The lowest BCUT2D eigenvalue weighted by Gasteiger charge is -2.22. The molecule has 3 rings (SSSR count). The molecule has 2 aromatic rings. The second-order valence-corrected chi connectivity index (χ2v) is 6.27. The quantitative estimate of drug-likeness (QED) is 0.796. The summed E-state index contributed by atoms with van der Waals surface area (Å²) in [7, 11) is 0. The monoisotopic (exact) mass is 316 g/mol. The molecule has 1 aliphatic rings. The van der Waals surface area contributed by atoms with E-state index in [1.54, 1.807) is 12.1 Å². The van der Waals surface area contributed by atoms with Gasteiger partial charge in [0, 0.05) is 17.3 Å². The summed E-state index contributed by atoms with van der Waals surface area (Å²) in [5.41, 5.74) is 1.52. The van der Waals surface area contributed by atoms with Crippen LogP contribution in [0.1, 0.15) is 19.4 Å². The number of rotatable bonds is 3. The molecule has 114 valence electrons. The highest BCUT2D eigenvalue weighted by Gasteiger charge is 2.30. The third-order valence-electron chi connectivity index (χ3n) is 3.94. The van der Waals surface area contributed by atoms with E-state index < -0.39 is 0 Å². The van der Waals surface area contributed by atoms with Gasteiger partial charge in [-0.1, -0.05) is 37.6 Å². The Kier molecular flexibility index (Phi) is 4.16. The van der Waals surface area contributed by atoms with E-state index >= 15 is 0 Å². The van der Waals surface area contributed by atoms with Gasteiger partial charge in [-0.3, -0.25) is 4.99 Å². The van der Waals surface area contributed by atoms with E-state index in [1.807, 2.05) is 30.3 Å². The van der Waals surface area contributed by atoms with Gasteiger partial charge in [0.15, 0.2) is 0 Å². The van der Waals surface area contributed by atoms with Crippen LogP contribution in [0.3, 0.4) is 0 Å². The maximum atomic E-state index is 14.2. The van der Waals surface area contributed by atoms with E-state index in [0.29, 0.717) is 22.3 Å². The molecule has 2 aromatic carbocycles. The van der Waals surface area contributed by atoms with Crippen LogP contribution in [0, 0.1) is 11.7 Å². The van der Waals surface area contributed by atoms with Crippen LogP contribution >= 0.6 is 11.6 Å². The van der Waals surface area contributed by atoms with Gasteiger partial charge in [-0.15, -0.1) is 0 Å². The van der Waals surface area contributed by atoms with Gasteiger partial charge < -0.3 is 4.90 Å². The molecule has 0 N–H and O–H groups in total. The molecule has 0 saturated heterocycles. The van der Waals surface area contributed by atoms with E-state index in [0.717, 1.165) is 12.2 Å². The van der Waals surface area contributed by atoms with Crippen molar-refractivity contribution in [1.82, 2.24) is 0 Å². The highest BCUT2D eigenvalue weighted by molar-refractivity contribution is 6.30. The Hall–Kier alpha value is -1.87. The molecular weight excluding hydrogens is 299 g/mol. The lowest BCUT2D eigenvalue weighted by Crippen LogP contribution is -2.31. The van der Waals surface area contributed by atoms with Crippen molar-refractivity contribution in [1.29, 1.82) is 0 Å². The van der Waals surface area contributed by atoms with Crippen LogP contribution in [0.4, 0.5) is 10.1 Å². The summed E-state index contributed by atoms with van der Waals surface area (Å²) in [5.74, 6) is 0.850. The molecule has 0 radical (unpaired) electrons. The van der Waals surface area contributed by atoms with Crippen molar-refractivity contribution >= 4 is 23.1 Å². The second-order valence-electron chi connectivity index (χ2n) is 5.83. The summed E-state index contributed by atoms with van der Waals surface area (Å²) >= 11 is 5.97. The first-order chi connectivity index (χ1) is 10.6. The third-order valence-corrected chi connectivity index (χ3v) is 4.19. The first kappa shape index (κ1) is 15.0. The van der Waals surface area contributed by atoms with E-state index in [-0.39, 0.29) is 11.9 Å². The maximum Gasteiger partial charge on any atom is 0.138 e. The number of hydrogen-bond donors (Lipinski definition) is 0. The molecule has 22 heavy (non-hydrogen) atoms. The molecule has 1 aliphatic heterocycles. The lowest BCUT2D eigenvalue weighted by molar-refractivity contribution is 0.521. The Morgan fingerprint density at radius 2 is 1.82 bits per heavy atom. The van der Waals surface area contributed by atoms with E-state index in [2.05, 4.69) is 18.7 Å². The molecule has 0 unspecified atom stereocenters. The summed E-state index contributed by atoms with van der Waals surface area (Å²) in [6.45, 7) is 5.03. The van der Waals surface area contributed by atoms with E-state index in [4.69, 9.17) is 16.6 Å². The fourth-order valence-electron chi connectivity index (χ4n) is 2.61. The normalized spacial score (nSPS) is 18.0. The van der Waals surface area contributed by atoms with Gasteiger partial charge in [0.1, 0.15) is 11.7 Å². The minimum Gasteiger partial charge on any atom is -0.324 e. The first-order valence-corrected chi connectivity index (χ1v) is 7.80. The number of amidine groups is 1. The Labute approximate surface area is 135 Å². The molecule has 0 amide bonds. The van der Waals surface area contributed by atoms with Crippen LogP contribution in [0.25, 0.3) is 0 Å². The Balaban J connectivity index is 2.03. The van der Waals surface area contributed by atoms with Crippen LogP contribution in [-0.4, -0.2) is 18.4 Å². The highest BCUT2D eigenvalue weighted by atomic mass is 35.5. The zero-order valence-corrected chi connectivity index (χ0v) is 13.4. The van der Waals surface area contributed by atoms with Crippen molar-refractivity contribution in [3.05, 3.63) is 64.9 Å². The topological polar surface area (TPSA) is 15.6 Å². The number of hydrogen-bond acceptors (Lipinski definition) is 2. The molecule has 0 aliphatic carbocycles. The summed E-state index contributed by atoms with van der Waals surface area (Å²) < 4.78 is 14.2. The van der Waals surface area contributed by atoms with Gasteiger partial charge in [-0.2, -0.15) is 0 Å². The van der Waals surface area contributed by atoms with Gasteiger partial charge in [0.05, 0.1) is 11.6 Å². The number of halogens is 2. The van der Waals surface area contributed by atoms with Crippen molar-refractivity contribution in [3.63, 3.8) is 0 Å². The van der Waals surface area contributed by atoms with Crippen LogP contribution in [-0.2, 0) is 0 Å². The second kappa shape index (κ2) is 6.09. The fraction of sp³-hybridized carbons (Fsp3) is 0.278. The highest BCUT2D eigenvalue weighted by Crippen LogP contribution is 2.28. The fourth-order valence-corrected chi connectivity index (χ4v) is 2.73. The van der Waals surface area contributed by atoms with Gasteiger partial charge in [-0.25, -0.2) is 4.39 Å². The van der Waals surface area contributed by atoms with Crippen molar-refractivity contribution in [2.75, 3.05) is 11.4 Å². The first-order valence-electron chi connectivity index (χ1n) is 7.42. The summed E-state index contributed by atoms with van der Waals surface area (Å²) in [4.78, 5) is 6.84. The smallest absolute Gasteiger partial charge is 0.138 e. The van der Waals surface area contributed by atoms with Crippen molar-refractivity contribution in [3.8, 4) is 0 Å². The largest absolute Gasteiger partial charge is 0.324 e. The summed E-state index contributed by atoms with van der Waals surface area (Å²) in [5, 5.41) is 0.688. The van der Waals surface area contributed by atoms with E-state index in [9.17, 15) is 4.39 Å². The zero-order chi connectivity index (χ0) is 15.7. The lowest BCUT2D eigenvalue weighted by atomic mass is 10.1. The standard InChI is InChI=1S/C18H18ClFN2/c1-12(2)17-11-22(14-9-7-13(19)8-10-14)18(21-17)15-5-3-4-6-16(15)20/h3-10,12,17H,11H2,1-2H3/t17-/m1/s1. The maximum absolute atomic E-state index is 14.2. The minimum atomic E-state index is -0.246. The molecule has 0 bridgehead atoms. The Morgan fingerprint density at radius 3 is 2.45 bits per heavy atom. The molecule has 0 fully saturated rings. The molecule has 0 saturated carbocycles. The molecule has 0 aromatic heterocycles. The Bertz CT molecular complexity index is 694. The van der Waals surface area contributed by atoms with Gasteiger partial charge in [-0.05, 0) is 42.3 Å². The van der Waals surface area contributed by atoms with E-state index in [1.165, 1.54) is 6.07 Å². The average Bonchev–Trinajstić information content (AvgIpc) is 2.94. The number of nitrogens with zero attached hydrogens (tertiary/aromatic N) is 2. The van der Waals surface area contributed by atoms with Crippen LogP contribution < -0.4 is 4.90 Å². The predicted octanol–water partition coefficient (Wildman–Crippen LogP) is 4.77. The number of anilines is 1. The zero-order valence-electron chi connectivity index (χ0n) is 12.6. The van der Waals surface area contributed by atoms with Gasteiger partial charge >= 0.3 is 0 Å². The molecule has 0 spiro atoms. The number of aliphatic imine (C=N–C) groups is 1. The molecule has 2 nitrogen and oxygen atoms in total. The third kappa shape index (κ3) is 2.86. The molecule has 4 heteroatoms. The van der Waals surface area contributed by atoms with Crippen molar-refractivity contribution in [2.45, 2.75) is 19.9 Å². The Morgan fingerprint density at radius 1 is 1.14 bits per heavy atom. The molecule has 1 heterocycles. The summed E-state index contributed by atoms with van der Waals surface area (Å²) in [6, 6.07) is 14.5. The number of benzene rings is 2. The van der Waals surface area contributed by atoms with Gasteiger partial charge in [0.2, 0.25) is 0 Å². The average molecular weight is 317 g/mol. The van der Waals surface area contributed by atoms with Crippen molar-refractivity contribution in [2.24, 2.45) is 10.9 Å². The SMILES string of the molecule is CC(C)[C@H]1CN(c2ccc(Cl)cc2)C(c2ccccc2F)=N1. The predicted molar refractivity (Wildman–Crippen MR) is 90.4 cm³/mol. The van der Waals surface area contributed by atoms with Crippen LogP contribution in [0.2, 0.25) is 5.02 Å². The van der Waals surface area contributed by atoms with Gasteiger partial charge in [0.25, 0.3) is 0 Å². The minimum absolute atomic E-state index is 0.158. The van der Waals surface area contributed by atoms with Crippen LogP contribution in [0.5, 0.6) is 0 Å². The summed E-state index contributed by atoms with van der Waals surface area (Å²) in [6.07, 6.45) is 0.